The molecule has 0 aliphatic carbocycles. The summed E-state index contributed by atoms with van der Waals surface area (Å²) >= 11 is 0. The van der Waals surface area contributed by atoms with Gasteiger partial charge >= 0.3 is 0 Å². The second-order valence-electron chi connectivity index (χ2n) is 3.86. The van der Waals surface area contributed by atoms with Crippen LogP contribution in [0.1, 0.15) is 36.0 Å². The summed E-state index contributed by atoms with van der Waals surface area (Å²) in [5, 5.41) is 3.36. The van der Waals surface area contributed by atoms with Crippen molar-refractivity contribution in [3.63, 3.8) is 0 Å². The summed E-state index contributed by atoms with van der Waals surface area (Å²) < 4.78 is 0. The van der Waals surface area contributed by atoms with Crippen LogP contribution in [0.3, 0.4) is 0 Å². The lowest BCUT2D eigenvalue weighted by molar-refractivity contribution is 0.447. The number of aryl methyl sites for hydroxylation is 2. The first kappa shape index (κ1) is 14.8. The van der Waals surface area contributed by atoms with Crippen LogP contribution < -0.4 is 5.32 Å². The van der Waals surface area contributed by atoms with Crippen LogP contribution in [0.4, 0.5) is 0 Å². The van der Waals surface area contributed by atoms with Crippen molar-refractivity contribution in [2.45, 2.75) is 32.6 Å². The summed E-state index contributed by atoms with van der Waals surface area (Å²) in [6, 6.07) is 0. The topological polar surface area (TPSA) is 40.7 Å². The smallest absolute Gasteiger partial charge is 0.109 e. The highest BCUT2D eigenvalue weighted by molar-refractivity contribution is 5.85. The lowest BCUT2D eigenvalue weighted by Crippen LogP contribution is -2.27. The molecule has 1 fully saturated rings. The third kappa shape index (κ3) is 3.37. The molecule has 0 amide bonds. The summed E-state index contributed by atoms with van der Waals surface area (Å²) in [4.78, 5) is 7.93. The summed E-state index contributed by atoms with van der Waals surface area (Å²) in [7, 11) is 0. The molecule has 1 aromatic heterocycles. The molecule has 2 rings (SSSR count). The third-order valence-electron chi connectivity index (χ3n) is 2.87. The zero-order valence-corrected chi connectivity index (χ0v) is 10.8. The van der Waals surface area contributed by atoms with Gasteiger partial charge in [0.15, 0.2) is 0 Å². The minimum atomic E-state index is 0. The maximum atomic E-state index is 4.55. The van der Waals surface area contributed by atoms with E-state index in [1.54, 1.807) is 0 Å². The van der Waals surface area contributed by atoms with Crippen LogP contribution in [-0.2, 0) is 0 Å². The van der Waals surface area contributed by atoms with E-state index in [2.05, 4.69) is 29.1 Å². The number of imidazole rings is 1. The maximum absolute atomic E-state index is 4.55. The van der Waals surface area contributed by atoms with Crippen LogP contribution in [0.2, 0.25) is 0 Å². The van der Waals surface area contributed by atoms with E-state index in [1.165, 1.54) is 24.4 Å². The van der Waals surface area contributed by atoms with Gasteiger partial charge in [-0.05, 0) is 39.8 Å². The van der Waals surface area contributed by atoms with Crippen LogP contribution in [0.15, 0.2) is 0 Å². The molecule has 1 aliphatic rings. The van der Waals surface area contributed by atoms with E-state index in [0.717, 1.165) is 18.8 Å². The molecule has 0 spiro atoms. The van der Waals surface area contributed by atoms with Crippen molar-refractivity contribution in [2.24, 2.45) is 0 Å². The number of aromatic amines is 1. The van der Waals surface area contributed by atoms with Crippen LogP contribution in [0.25, 0.3) is 0 Å². The Morgan fingerprint density at radius 3 is 2.20 bits per heavy atom. The molecule has 0 atom stereocenters. The van der Waals surface area contributed by atoms with E-state index in [9.17, 15) is 0 Å². The average molecular weight is 252 g/mol. The van der Waals surface area contributed by atoms with Gasteiger partial charge in [-0.25, -0.2) is 4.98 Å². The molecule has 1 saturated heterocycles. The Hall–Kier alpha value is -0.250. The first-order chi connectivity index (χ1) is 6.27. The molecule has 0 unspecified atom stereocenters. The van der Waals surface area contributed by atoms with E-state index in [4.69, 9.17) is 0 Å². The van der Waals surface area contributed by atoms with Crippen LogP contribution in [-0.4, -0.2) is 23.1 Å². The Morgan fingerprint density at radius 1 is 1.13 bits per heavy atom. The molecule has 5 heteroatoms. The lowest BCUT2D eigenvalue weighted by atomic mass is 9.98. The Kier molecular flexibility index (Phi) is 6.25. The molecule has 1 aliphatic heterocycles. The minimum Gasteiger partial charge on any atom is -0.346 e. The van der Waals surface area contributed by atoms with Gasteiger partial charge in [-0.1, -0.05) is 0 Å². The zero-order valence-electron chi connectivity index (χ0n) is 9.17. The summed E-state index contributed by atoms with van der Waals surface area (Å²) in [6.45, 7) is 6.41. The van der Waals surface area contributed by atoms with Gasteiger partial charge in [-0.15, -0.1) is 24.8 Å². The van der Waals surface area contributed by atoms with Gasteiger partial charge in [0.05, 0.1) is 5.69 Å². The first-order valence-corrected chi connectivity index (χ1v) is 5.01. The molecule has 0 radical (unpaired) electrons. The quantitative estimate of drug-likeness (QED) is 0.805. The summed E-state index contributed by atoms with van der Waals surface area (Å²) in [6.07, 6.45) is 2.43. The van der Waals surface area contributed by atoms with Gasteiger partial charge in [-0.3, -0.25) is 0 Å². The lowest BCUT2D eigenvalue weighted by Gasteiger charge is -2.20. The highest BCUT2D eigenvalue weighted by Gasteiger charge is 2.18. The van der Waals surface area contributed by atoms with E-state index in [0.29, 0.717) is 5.92 Å². The van der Waals surface area contributed by atoms with Crippen molar-refractivity contribution in [3.05, 3.63) is 17.2 Å². The number of piperidine rings is 1. The van der Waals surface area contributed by atoms with Gasteiger partial charge in [0.1, 0.15) is 5.82 Å². The molecule has 88 valence electrons. The molecular weight excluding hydrogens is 233 g/mol. The van der Waals surface area contributed by atoms with Crippen molar-refractivity contribution in [1.29, 1.82) is 0 Å². The molecule has 0 bridgehead atoms. The SMILES string of the molecule is Cc1nc(C2CCNCC2)[nH]c1C.Cl.Cl. The van der Waals surface area contributed by atoms with Crippen molar-refractivity contribution in [1.82, 2.24) is 15.3 Å². The largest absolute Gasteiger partial charge is 0.346 e. The van der Waals surface area contributed by atoms with Crippen LogP contribution in [0, 0.1) is 13.8 Å². The minimum absolute atomic E-state index is 0. The molecule has 2 heterocycles. The summed E-state index contributed by atoms with van der Waals surface area (Å²) in [5.41, 5.74) is 2.36. The Balaban J connectivity index is 0.000000980. The maximum Gasteiger partial charge on any atom is 0.109 e. The van der Waals surface area contributed by atoms with Gasteiger partial charge in [-0.2, -0.15) is 0 Å². The van der Waals surface area contributed by atoms with E-state index < -0.39 is 0 Å². The number of halogens is 2. The molecule has 2 N–H and O–H groups in total. The van der Waals surface area contributed by atoms with Crippen LogP contribution >= 0.6 is 24.8 Å². The van der Waals surface area contributed by atoms with E-state index >= 15 is 0 Å². The van der Waals surface area contributed by atoms with Gasteiger partial charge in [0.25, 0.3) is 0 Å². The van der Waals surface area contributed by atoms with Gasteiger partial charge < -0.3 is 10.3 Å². The normalized spacial score (nSPS) is 16.7. The fourth-order valence-electron chi connectivity index (χ4n) is 1.86. The predicted molar refractivity (Wildman–Crippen MR) is 67.4 cm³/mol. The highest BCUT2D eigenvalue weighted by atomic mass is 35.5. The molecule has 15 heavy (non-hydrogen) atoms. The number of hydrogen-bond donors (Lipinski definition) is 2. The zero-order chi connectivity index (χ0) is 9.26. The fourth-order valence-corrected chi connectivity index (χ4v) is 1.86. The summed E-state index contributed by atoms with van der Waals surface area (Å²) in [5.74, 6) is 1.84. The molecular formula is C10H19Cl2N3. The predicted octanol–water partition coefficient (Wildman–Crippen LogP) is 2.34. The van der Waals surface area contributed by atoms with Crippen LogP contribution in [0.5, 0.6) is 0 Å². The highest BCUT2D eigenvalue weighted by Crippen LogP contribution is 2.23. The second kappa shape index (κ2) is 6.36. The number of hydrogen-bond acceptors (Lipinski definition) is 2. The molecule has 0 aromatic carbocycles. The first-order valence-electron chi connectivity index (χ1n) is 5.01. The fraction of sp³-hybridized carbons (Fsp3) is 0.700. The van der Waals surface area contributed by atoms with Crippen molar-refractivity contribution >= 4 is 24.8 Å². The van der Waals surface area contributed by atoms with Gasteiger partial charge in [0, 0.05) is 11.6 Å². The Bertz CT molecular complexity index is 273. The molecule has 1 aromatic rings. The molecule has 3 nitrogen and oxygen atoms in total. The number of nitrogens with zero attached hydrogens (tertiary/aromatic N) is 1. The van der Waals surface area contributed by atoms with E-state index in [-0.39, 0.29) is 24.8 Å². The number of rotatable bonds is 1. The van der Waals surface area contributed by atoms with Crippen molar-refractivity contribution in [3.8, 4) is 0 Å². The third-order valence-corrected chi connectivity index (χ3v) is 2.87. The Morgan fingerprint density at radius 2 is 1.73 bits per heavy atom. The number of nitrogens with one attached hydrogen (secondary N) is 2. The monoisotopic (exact) mass is 251 g/mol. The van der Waals surface area contributed by atoms with Gasteiger partial charge in [0.2, 0.25) is 0 Å². The van der Waals surface area contributed by atoms with E-state index in [1.807, 2.05) is 0 Å². The Labute approximate surface area is 103 Å². The standard InChI is InChI=1S/C10H17N3.2ClH/c1-7-8(2)13-10(12-7)9-3-5-11-6-4-9;;/h9,11H,3-6H2,1-2H3,(H,12,13);2*1H. The number of aromatic nitrogens is 2. The molecule has 0 saturated carbocycles. The van der Waals surface area contributed by atoms with Crippen molar-refractivity contribution < 1.29 is 0 Å². The number of H-pyrrole nitrogens is 1. The average Bonchev–Trinajstić information content (AvgIpc) is 2.49. The van der Waals surface area contributed by atoms with Crippen molar-refractivity contribution in [2.75, 3.05) is 13.1 Å². The second-order valence-corrected chi connectivity index (χ2v) is 3.86.